The first-order chi connectivity index (χ1) is 13.7. The van der Waals surface area contributed by atoms with Crippen molar-refractivity contribution < 1.29 is 9.59 Å². The van der Waals surface area contributed by atoms with Crippen LogP contribution in [0.2, 0.25) is 0 Å². The zero-order valence-corrected chi connectivity index (χ0v) is 16.2. The molecule has 5 heteroatoms. The van der Waals surface area contributed by atoms with Crippen LogP contribution in [0.15, 0.2) is 48.5 Å². The summed E-state index contributed by atoms with van der Waals surface area (Å²) in [6.45, 7) is 4.35. The first-order valence-corrected chi connectivity index (χ1v) is 10.2. The second kappa shape index (κ2) is 8.57. The maximum absolute atomic E-state index is 13.0. The van der Waals surface area contributed by atoms with Crippen LogP contribution in [0.5, 0.6) is 0 Å². The summed E-state index contributed by atoms with van der Waals surface area (Å²) in [5.74, 6) is 0.0268. The van der Waals surface area contributed by atoms with E-state index < -0.39 is 0 Å². The monoisotopic (exact) mass is 377 g/mol. The van der Waals surface area contributed by atoms with Gasteiger partial charge in [0.1, 0.15) is 0 Å². The number of anilines is 1. The molecule has 2 aliphatic rings. The first-order valence-electron chi connectivity index (χ1n) is 10.2. The Bertz CT molecular complexity index is 842. The number of fused-ring (bicyclic) bond motifs is 1. The van der Waals surface area contributed by atoms with Crippen molar-refractivity contribution in [3.63, 3.8) is 0 Å². The third kappa shape index (κ3) is 4.25. The maximum atomic E-state index is 13.0. The third-order valence-electron chi connectivity index (χ3n) is 5.71. The Hall–Kier alpha value is -2.66. The molecule has 4 rings (SSSR count). The number of hydrogen-bond donors (Lipinski definition) is 1. The second-order valence-corrected chi connectivity index (χ2v) is 7.61. The van der Waals surface area contributed by atoms with E-state index in [1.165, 1.54) is 5.56 Å². The highest BCUT2D eigenvalue weighted by Gasteiger charge is 2.26. The molecule has 1 saturated heterocycles. The van der Waals surface area contributed by atoms with Crippen LogP contribution >= 0.6 is 0 Å². The molecule has 0 atom stereocenters. The van der Waals surface area contributed by atoms with Crippen molar-refractivity contribution in [2.24, 2.45) is 0 Å². The fourth-order valence-corrected chi connectivity index (χ4v) is 4.08. The average molecular weight is 377 g/mol. The van der Waals surface area contributed by atoms with Crippen LogP contribution in [-0.4, -0.2) is 54.3 Å². The molecule has 2 amide bonds. The van der Waals surface area contributed by atoms with Crippen molar-refractivity contribution in [2.75, 3.05) is 38.0 Å². The molecule has 2 heterocycles. The maximum Gasteiger partial charge on any atom is 0.256 e. The predicted octanol–water partition coefficient (Wildman–Crippen LogP) is 2.96. The Morgan fingerprint density at radius 2 is 1.71 bits per heavy atom. The SMILES string of the molecule is O=C1CCc2cccc(C(=O)N3CCN(CCCc4ccccc4)CC3)c2N1. The molecule has 2 aliphatic heterocycles. The second-order valence-electron chi connectivity index (χ2n) is 7.61. The van der Waals surface area contributed by atoms with Crippen molar-refractivity contribution in [1.29, 1.82) is 0 Å². The minimum atomic E-state index is -0.00372. The van der Waals surface area contributed by atoms with Gasteiger partial charge in [0.2, 0.25) is 5.91 Å². The molecule has 1 N–H and O–H groups in total. The molecule has 0 aliphatic carbocycles. The number of aryl methyl sites for hydroxylation is 2. The summed E-state index contributed by atoms with van der Waals surface area (Å²) in [5, 5.41) is 2.90. The average Bonchev–Trinajstić information content (AvgIpc) is 2.74. The van der Waals surface area contributed by atoms with E-state index in [0.29, 0.717) is 24.1 Å². The van der Waals surface area contributed by atoms with Crippen molar-refractivity contribution in [1.82, 2.24) is 9.80 Å². The number of amides is 2. The molecular formula is C23H27N3O2. The topological polar surface area (TPSA) is 52.7 Å². The van der Waals surface area contributed by atoms with Gasteiger partial charge in [0.25, 0.3) is 5.91 Å². The number of carbonyl (C=O) groups is 2. The fourth-order valence-electron chi connectivity index (χ4n) is 4.08. The zero-order chi connectivity index (χ0) is 19.3. The Morgan fingerprint density at radius 1 is 0.929 bits per heavy atom. The molecule has 0 saturated carbocycles. The van der Waals surface area contributed by atoms with E-state index >= 15 is 0 Å². The van der Waals surface area contributed by atoms with Gasteiger partial charge in [-0.15, -0.1) is 0 Å². The summed E-state index contributed by atoms with van der Waals surface area (Å²) in [6.07, 6.45) is 3.43. The highest BCUT2D eigenvalue weighted by atomic mass is 16.2. The fraction of sp³-hybridized carbons (Fsp3) is 0.391. The van der Waals surface area contributed by atoms with Crippen LogP contribution in [0.1, 0.15) is 34.3 Å². The molecule has 1 fully saturated rings. The Morgan fingerprint density at radius 3 is 2.50 bits per heavy atom. The Labute approximate surface area is 166 Å². The molecule has 2 aromatic carbocycles. The summed E-state index contributed by atoms with van der Waals surface area (Å²) in [7, 11) is 0. The minimum Gasteiger partial charge on any atom is -0.336 e. The molecular weight excluding hydrogens is 350 g/mol. The Kier molecular flexibility index (Phi) is 5.72. The lowest BCUT2D eigenvalue weighted by Crippen LogP contribution is -2.49. The lowest BCUT2D eigenvalue weighted by atomic mass is 9.98. The van der Waals surface area contributed by atoms with E-state index in [9.17, 15) is 9.59 Å². The van der Waals surface area contributed by atoms with Gasteiger partial charge in [0.05, 0.1) is 11.3 Å². The van der Waals surface area contributed by atoms with E-state index in [4.69, 9.17) is 0 Å². The molecule has 0 bridgehead atoms. The molecule has 5 nitrogen and oxygen atoms in total. The van der Waals surface area contributed by atoms with Gasteiger partial charge in [-0.05, 0) is 43.0 Å². The summed E-state index contributed by atoms with van der Waals surface area (Å²) in [4.78, 5) is 29.2. The summed E-state index contributed by atoms with van der Waals surface area (Å²) in [5.41, 5.74) is 3.79. The standard InChI is InChI=1S/C23H27N3O2/c27-21-12-11-19-9-4-10-20(22(19)24-21)23(28)26-16-14-25(15-17-26)13-5-8-18-6-2-1-3-7-18/h1-4,6-7,9-10H,5,8,11-17H2,(H,24,27). The zero-order valence-electron chi connectivity index (χ0n) is 16.2. The van der Waals surface area contributed by atoms with Crippen molar-refractivity contribution in [2.45, 2.75) is 25.7 Å². The number of nitrogens with zero attached hydrogens (tertiary/aromatic N) is 2. The van der Waals surface area contributed by atoms with Gasteiger partial charge in [-0.25, -0.2) is 0 Å². The van der Waals surface area contributed by atoms with Gasteiger partial charge in [-0.1, -0.05) is 42.5 Å². The highest BCUT2D eigenvalue weighted by Crippen LogP contribution is 2.27. The number of benzene rings is 2. The minimum absolute atomic E-state index is 0.00372. The Balaban J connectivity index is 1.30. The van der Waals surface area contributed by atoms with Crippen molar-refractivity contribution in [3.8, 4) is 0 Å². The van der Waals surface area contributed by atoms with E-state index in [-0.39, 0.29) is 11.8 Å². The summed E-state index contributed by atoms with van der Waals surface area (Å²) < 4.78 is 0. The van der Waals surface area contributed by atoms with Crippen molar-refractivity contribution >= 4 is 17.5 Å². The molecule has 0 radical (unpaired) electrons. The predicted molar refractivity (Wildman–Crippen MR) is 110 cm³/mol. The number of rotatable bonds is 5. The van der Waals surface area contributed by atoms with E-state index in [2.05, 4.69) is 40.5 Å². The molecule has 146 valence electrons. The quantitative estimate of drug-likeness (QED) is 0.872. The van der Waals surface area contributed by atoms with Gasteiger partial charge >= 0.3 is 0 Å². The highest BCUT2D eigenvalue weighted by molar-refractivity contribution is 6.05. The van der Waals surface area contributed by atoms with E-state index in [1.54, 1.807) is 0 Å². The van der Waals surface area contributed by atoms with E-state index in [0.717, 1.165) is 51.1 Å². The largest absolute Gasteiger partial charge is 0.336 e. The van der Waals surface area contributed by atoms with Crippen LogP contribution in [-0.2, 0) is 17.6 Å². The van der Waals surface area contributed by atoms with Crippen molar-refractivity contribution in [3.05, 3.63) is 65.2 Å². The third-order valence-corrected chi connectivity index (χ3v) is 5.71. The normalized spacial score (nSPS) is 17.1. The van der Waals surface area contributed by atoms with Crippen LogP contribution in [0.4, 0.5) is 5.69 Å². The summed E-state index contributed by atoms with van der Waals surface area (Å²) >= 11 is 0. The number of para-hydroxylation sites is 1. The van der Waals surface area contributed by atoms with Crippen LogP contribution in [0, 0.1) is 0 Å². The number of carbonyl (C=O) groups excluding carboxylic acids is 2. The van der Waals surface area contributed by atoms with Gasteiger partial charge in [-0.2, -0.15) is 0 Å². The van der Waals surface area contributed by atoms with Gasteiger partial charge in [0.15, 0.2) is 0 Å². The lowest BCUT2D eigenvalue weighted by molar-refractivity contribution is -0.116. The van der Waals surface area contributed by atoms with Gasteiger partial charge in [-0.3, -0.25) is 14.5 Å². The first kappa shape index (κ1) is 18.7. The molecule has 0 spiro atoms. The molecule has 0 unspecified atom stereocenters. The van der Waals surface area contributed by atoms with Crippen LogP contribution < -0.4 is 5.32 Å². The number of nitrogens with one attached hydrogen (secondary N) is 1. The summed E-state index contributed by atoms with van der Waals surface area (Å²) in [6, 6.07) is 16.3. The molecule has 0 aromatic heterocycles. The van der Waals surface area contributed by atoms with Crippen LogP contribution in [0.25, 0.3) is 0 Å². The van der Waals surface area contributed by atoms with Gasteiger partial charge in [0, 0.05) is 32.6 Å². The van der Waals surface area contributed by atoms with E-state index in [1.807, 2.05) is 23.1 Å². The number of piperazine rings is 1. The van der Waals surface area contributed by atoms with Gasteiger partial charge < -0.3 is 10.2 Å². The lowest BCUT2D eigenvalue weighted by Gasteiger charge is -2.35. The number of hydrogen-bond acceptors (Lipinski definition) is 3. The smallest absolute Gasteiger partial charge is 0.256 e. The van der Waals surface area contributed by atoms with Crippen LogP contribution in [0.3, 0.4) is 0 Å². The molecule has 28 heavy (non-hydrogen) atoms. The molecule has 2 aromatic rings.